The van der Waals surface area contributed by atoms with Gasteiger partial charge >= 0.3 is 0 Å². The maximum Gasteiger partial charge on any atom is 0.140 e. The number of nitrogens with zero attached hydrogens (tertiary/aromatic N) is 5. The zero-order chi connectivity index (χ0) is 25.1. The molecule has 0 bridgehead atoms. The molecule has 9 heteroatoms. The van der Waals surface area contributed by atoms with Crippen LogP contribution in [0.25, 0.3) is 11.3 Å². The van der Waals surface area contributed by atoms with E-state index in [1.54, 1.807) is 30.7 Å². The molecule has 2 heterocycles. The molecular formula is C27H27FN6O2. The lowest BCUT2D eigenvalue weighted by Gasteiger charge is -2.22. The number of rotatable bonds is 7. The largest absolute Gasteiger partial charge is 0.487 e. The molecule has 1 saturated carbocycles. The summed E-state index contributed by atoms with van der Waals surface area (Å²) in [4.78, 5) is 4.05. The summed E-state index contributed by atoms with van der Waals surface area (Å²) in [7, 11) is 1.86. The van der Waals surface area contributed by atoms with E-state index >= 15 is 0 Å². The maximum atomic E-state index is 14.2. The van der Waals surface area contributed by atoms with Gasteiger partial charge in [0.05, 0.1) is 24.3 Å². The SMILES string of the molecule is Cn1cncc1COc1cc(F)cc(Oc2ccc(-c3nn(C4CCCCC4)c(N)c3C#N)cc2)c1. The zero-order valence-electron chi connectivity index (χ0n) is 20.0. The molecule has 0 unspecified atom stereocenters. The van der Waals surface area contributed by atoms with Crippen LogP contribution in [0.3, 0.4) is 0 Å². The molecule has 0 atom stereocenters. The third-order valence-corrected chi connectivity index (χ3v) is 6.49. The number of anilines is 1. The van der Waals surface area contributed by atoms with Gasteiger partial charge in [0.15, 0.2) is 0 Å². The van der Waals surface area contributed by atoms with Crippen molar-refractivity contribution in [2.45, 2.75) is 44.8 Å². The van der Waals surface area contributed by atoms with Gasteiger partial charge in [0, 0.05) is 30.8 Å². The quantitative estimate of drug-likeness (QED) is 0.357. The van der Waals surface area contributed by atoms with Crippen LogP contribution in [0.15, 0.2) is 55.0 Å². The van der Waals surface area contributed by atoms with Gasteiger partial charge in [-0.1, -0.05) is 19.3 Å². The average molecular weight is 487 g/mol. The van der Waals surface area contributed by atoms with E-state index in [-0.39, 0.29) is 12.6 Å². The van der Waals surface area contributed by atoms with Crippen molar-refractivity contribution in [2.24, 2.45) is 7.05 Å². The summed E-state index contributed by atoms with van der Waals surface area (Å²) in [5.74, 6) is 1.13. The van der Waals surface area contributed by atoms with E-state index in [9.17, 15) is 9.65 Å². The van der Waals surface area contributed by atoms with Gasteiger partial charge in [-0.05, 0) is 37.1 Å². The summed E-state index contributed by atoms with van der Waals surface area (Å²) in [6.07, 6.45) is 8.92. The fourth-order valence-electron chi connectivity index (χ4n) is 4.54. The Morgan fingerprint density at radius 1 is 1.08 bits per heavy atom. The van der Waals surface area contributed by atoms with Gasteiger partial charge in [0.25, 0.3) is 0 Å². The number of hydrogen-bond acceptors (Lipinski definition) is 6. The van der Waals surface area contributed by atoms with Gasteiger partial charge in [-0.3, -0.25) is 0 Å². The molecule has 0 aliphatic heterocycles. The predicted molar refractivity (Wildman–Crippen MR) is 133 cm³/mol. The molecule has 2 aromatic carbocycles. The van der Waals surface area contributed by atoms with Crippen LogP contribution >= 0.6 is 0 Å². The first kappa shape index (κ1) is 23.4. The van der Waals surface area contributed by atoms with Crippen LogP contribution < -0.4 is 15.2 Å². The normalized spacial score (nSPS) is 13.9. The first-order chi connectivity index (χ1) is 17.5. The zero-order valence-corrected chi connectivity index (χ0v) is 20.0. The van der Waals surface area contributed by atoms with Gasteiger partial charge in [0.2, 0.25) is 0 Å². The number of imidazole rings is 1. The van der Waals surface area contributed by atoms with Gasteiger partial charge in [0.1, 0.15) is 52.8 Å². The van der Waals surface area contributed by atoms with Gasteiger partial charge in [-0.15, -0.1) is 0 Å². The summed E-state index contributed by atoms with van der Waals surface area (Å²) in [5, 5.41) is 14.4. The van der Waals surface area contributed by atoms with Crippen LogP contribution in [-0.4, -0.2) is 19.3 Å². The smallest absolute Gasteiger partial charge is 0.140 e. The molecule has 4 aromatic rings. The Kier molecular flexibility index (Phi) is 6.58. The Labute approximate surface area is 208 Å². The fraction of sp³-hybridized carbons (Fsp3) is 0.296. The molecule has 1 fully saturated rings. The van der Waals surface area contributed by atoms with Crippen molar-refractivity contribution in [3.8, 4) is 34.6 Å². The minimum Gasteiger partial charge on any atom is -0.487 e. The second-order valence-corrected chi connectivity index (χ2v) is 8.99. The third-order valence-electron chi connectivity index (χ3n) is 6.49. The van der Waals surface area contributed by atoms with E-state index in [1.807, 2.05) is 28.4 Å². The standard InChI is InChI=1S/C27H27FN6O2/c1-33-17-31-15-21(33)16-35-23-11-19(28)12-24(13-23)36-22-9-7-18(8-10-22)26-25(14-29)27(30)34(32-26)20-5-3-2-4-6-20/h7-13,15,17,20H,2-6,16,30H2,1H3. The van der Waals surface area contributed by atoms with Crippen molar-refractivity contribution < 1.29 is 13.9 Å². The Morgan fingerprint density at radius 2 is 1.83 bits per heavy atom. The highest BCUT2D eigenvalue weighted by Crippen LogP contribution is 2.35. The number of nitrogen functional groups attached to an aromatic ring is 1. The van der Waals surface area contributed by atoms with Crippen LogP contribution in [-0.2, 0) is 13.7 Å². The van der Waals surface area contributed by atoms with E-state index in [0.717, 1.165) is 36.9 Å². The number of aryl methyl sites for hydroxylation is 1. The molecule has 2 aromatic heterocycles. The molecule has 0 amide bonds. The summed E-state index contributed by atoms with van der Waals surface area (Å²) in [6.45, 7) is 0.256. The van der Waals surface area contributed by atoms with Crippen molar-refractivity contribution in [1.82, 2.24) is 19.3 Å². The van der Waals surface area contributed by atoms with Crippen LogP contribution in [0.4, 0.5) is 10.2 Å². The molecule has 184 valence electrons. The summed E-state index contributed by atoms with van der Waals surface area (Å²) >= 11 is 0. The van der Waals surface area contributed by atoms with Crippen molar-refractivity contribution in [3.05, 3.63) is 72.1 Å². The third kappa shape index (κ3) is 4.89. The second-order valence-electron chi connectivity index (χ2n) is 8.99. The van der Waals surface area contributed by atoms with E-state index in [2.05, 4.69) is 11.1 Å². The molecule has 8 nitrogen and oxygen atoms in total. The average Bonchev–Trinajstić information content (AvgIpc) is 3.45. The van der Waals surface area contributed by atoms with Crippen molar-refractivity contribution >= 4 is 5.82 Å². The highest BCUT2D eigenvalue weighted by atomic mass is 19.1. The first-order valence-corrected chi connectivity index (χ1v) is 12.0. The Hall–Kier alpha value is -4.32. The van der Waals surface area contributed by atoms with Gasteiger partial charge in [-0.2, -0.15) is 10.4 Å². The molecule has 0 saturated heterocycles. The molecule has 2 N–H and O–H groups in total. The van der Waals surface area contributed by atoms with Crippen molar-refractivity contribution in [2.75, 3.05) is 5.73 Å². The van der Waals surface area contributed by atoms with Crippen LogP contribution in [0.5, 0.6) is 17.2 Å². The number of nitrogens with two attached hydrogens (primary N) is 1. The Bertz CT molecular complexity index is 1400. The summed E-state index contributed by atoms with van der Waals surface area (Å²) in [6, 6.07) is 13.8. The van der Waals surface area contributed by atoms with Crippen LogP contribution in [0, 0.1) is 17.1 Å². The highest BCUT2D eigenvalue weighted by Gasteiger charge is 2.23. The molecule has 5 rings (SSSR count). The summed E-state index contributed by atoms with van der Waals surface area (Å²) < 4.78 is 29.5. The van der Waals surface area contributed by atoms with E-state index < -0.39 is 5.82 Å². The predicted octanol–water partition coefficient (Wildman–Crippen LogP) is 5.75. The minimum absolute atomic E-state index is 0.226. The lowest BCUT2D eigenvalue weighted by Crippen LogP contribution is -2.16. The molecule has 0 spiro atoms. The lowest BCUT2D eigenvalue weighted by molar-refractivity contribution is 0.294. The van der Waals surface area contributed by atoms with Crippen molar-refractivity contribution in [1.29, 1.82) is 5.26 Å². The van der Waals surface area contributed by atoms with E-state index in [0.29, 0.717) is 34.3 Å². The van der Waals surface area contributed by atoms with Crippen LogP contribution in [0.1, 0.15) is 49.4 Å². The maximum absolute atomic E-state index is 14.2. The molecule has 1 aliphatic carbocycles. The fourth-order valence-corrected chi connectivity index (χ4v) is 4.54. The van der Waals surface area contributed by atoms with Crippen LogP contribution in [0.2, 0.25) is 0 Å². The molecule has 1 aliphatic rings. The number of aromatic nitrogens is 4. The minimum atomic E-state index is -0.466. The van der Waals surface area contributed by atoms with Gasteiger partial charge in [-0.25, -0.2) is 14.1 Å². The first-order valence-electron chi connectivity index (χ1n) is 12.0. The second kappa shape index (κ2) is 10.1. The number of nitriles is 1. The van der Waals surface area contributed by atoms with E-state index in [4.69, 9.17) is 20.3 Å². The highest BCUT2D eigenvalue weighted by molar-refractivity contribution is 5.73. The number of hydrogen-bond donors (Lipinski definition) is 1. The number of benzene rings is 2. The van der Waals surface area contributed by atoms with E-state index in [1.165, 1.54) is 18.6 Å². The molecule has 36 heavy (non-hydrogen) atoms. The Balaban J connectivity index is 1.32. The monoisotopic (exact) mass is 486 g/mol. The van der Waals surface area contributed by atoms with Gasteiger partial charge < -0.3 is 19.8 Å². The molecule has 0 radical (unpaired) electrons. The lowest BCUT2D eigenvalue weighted by atomic mass is 9.96. The number of halogens is 1. The topological polar surface area (TPSA) is 104 Å². The van der Waals surface area contributed by atoms with Crippen molar-refractivity contribution in [3.63, 3.8) is 0 Å². The Morgan fingerprint density at radius 3 is 2.53 bits per heavy atom. The number of ether oxygens (including phenoxy) is 2. The molecular weight excluding hydrogens is 459 g/mol. The summed E-state index contributed by atoms with van der Waals surface area (Å²) in [5.41, 5.74) is 8.88.